The molecule has 4 rings (SSSR count). The second-order valence-electron chi connectivity index (χ2n) is 7.31. The number of fused-ring (bicyclic) bond motifs is 1. The maximum Gasteiger partial charge on any atom is 0.219 e. The van der Waals surface area contributed by atoms with E-state index >= 15 is 0 Å². The van der Waals surface area contributed by atoms with Crippen LogP contribution in [0.1, 0.15) is 29.4 Å². The third-order valence-corrected chi connectivity index (χ3v) is 6.58. The van der Waals surface area contributed by atoms with Crippen LogP contribution < -0.4 is 4.74 Å². The molecule has 0 aliphatic carbocycles. The molecule has 0 saturated carbocycles. The van der Waals surface area contributed by atoms with Crippen LogP contribution in [0.3, 0.4) is 0 Å². The molecule has 29 heavy (non-hydrogen) atoms. The largest absolute Gasteiger partial charge is 0.481 e. The zero-order valence-corrected chi connectivity index (χ0v) is 18.8. The Labute approximate surface area is 183 Å². The van der Waals surface area contributed by atoms with Crippen molar-refractivity contribution >= 4 is 38.2 Å². The lowest BCUT2D eigenvalue weighted by Gasteiger charge is -2.23. The van der Waals surface area contributed by atoms with Crippen molar-refractivity contribution in [1.29, 1.82) is 0 Å². The number of β-amino-alcohol motifs (C(OH)–C–C–N with tert-alkyl or cyclic N) is 1. The quantitative estimate of drug-likeness (QED) is 0.513. The van der Waals surface area contributed by atoms with Gasteiger partial charge in [-0.25, -0.2) is 4.98 Å². The highest BCUT2D eigenvalue weighted by Crippen LogP contribution is 2.36. The van der Waals surface area contributed by atoms with Crippen molar-refractivity contribution in [1.82, 2.24) is 9.88 Å². The first-order valence-corrected chi connectivity index (χ1v) is 11.5. The Morgan fingerprint density at radius 1 is 1.24 bits per heavy atom. The summed E-state index contributed by atoms with van der Waals surface area (Å²) in [5.74, 6) is 0.548. The second-order valence-corrected chi connectivity index (χ2v) is 9.21. The number of likely N-dealkylation sites (tertiary alicyclic amines) is 1. The number of aliphatic hydroxyl groups excluding tert-OH is 1. The number of aromatic nitrogens is 1. The molecule has 1 aromatic carbocycles. The highest BCUT2D eigenvalue weighted by atomic mass is 79.9. The zero-order valence-electron chi connectivity index (χ0n) is 16.4. The van der Waals surface area contributed by atoms with Crippen molar-refractivity contribution in [3.63, 3.8) is 0 Å². The number of pyridine rings is 1. The van der Waals surface area contributed by atoms with Crippen LogP contribution in [0.4, 0.5) is 0 Å². The van der Waals surface area contributed by atoms with E-state index in [1.807, 2.05) is 35.7 Å². The minimum absolute atomic E-state index is 0.263. The Kier molecular flexibility index (Phi) is 6.82. The van der Waals surface area contributed by atoms with Gasteiger partial charge in [0.25, 0.3) is 0 Å². The lowest BCUT2D eigenvalue weighted by molar-refractivity contribution is -0.00536. The van der Waals surface area contributed by atoms with Crippen molar-refractivity contribution < 1.29 is 14.6 Å². The van der Waals surface area contributed by atoms with Gasteiger partial charge >= 0.3 is 0 Å². The van der Waals surface area contributed by atoms with Gasteiger partial charge in [-0.15, -0.1) is 11.3 Å². The average Bonchev–Trinajstić information content (AvgIpc) is 3.42. The topological polar surface area (TPSA) is 54.8 Å². The number of hydrogen-bond donors (Lipinski definition) is 1. The van der Waals surface area contributed by atoms with Crippen molar-refractivity contribution in [3.05, 3.63) is 56.7 Å². The highest BCUT2D eigenvalue weighted by molar-refractivity contribution is 9.10. The lowest BCUT2D eigenvalue weighted by Crippen LogP contribution is -2.33. The van der Waals surface area contributed by atoms with Gasteiger partial charge in [-0.05, 0) is 61.6 Å². The van der Waals surface area contributed by atoms with E-state index in [1.54, 1.807) is 18.4 Å². The van der Waals surface area contributed by atoms with Gasteiger partial charge in [-0.2, -0.15) is 0 Å². The fourth-order valence-corrected chi connectivity index (χ4v) is 4.96. The molecular formula is C22H25BrN2O3S. The van der Waals surface area contributed by atoms with Crippen LogP contribution in [-0.4, -0.2) is 54.4 Å². The minimum atomic E-state index is -0.524. The molecule has 2 unspecified atom stereocenters. The maximum absolute atomic E-state index is 10.5. The maximum atomic E-state index is 10.5. The van der Waals surface area contributed by atoms with Gasteiger partial charge in [0.2, 0.25) is 5.88 Å². The fraction of sp³-hybridized carbons (Fsp3) is 0.409. The first-order valence-electron chi connectivity index (χ1n) is 9.83. The van der Waals surface area contributed by atoms with Crippen LogP contribution in [0, 0.1) is 0 Å². The monoisotopic (exact) mass is 476 g/mol. The molecule has 7 heteroatoms. The van der Waals surface area contributed by atoms with E-state index in [1.165, 1.54) is 12.8 Å². The molecule has 0 spiro atoms. The molecule has 154 valence electrons. The number of rotatable bonds is 8. The molecule has 1 fully saturated rings. The molecule has 0 amide bonds. The summed E-state index contributed by atoms with van der Waals surface area (Å²) >= 11 is 5.16. The molecule has 5 nitrogen and oxygen atoms in total. The van der Waals surface area contributed by atoms with Gasteiger partial charge in [0.15, 0.2) is 0 Å². The summed E-state index contributed by atoms with van der Waals surface area (Å²) in [7, 11) is 1.63. The van der Waals surface area contributed by atoms with Crippen molar-refractivity contribution in [2.24, 2.45) is 0 Å². The number of aliphatic hydroxyl groups is 1. The number of halogens is 1. The summed E-state index contributed by atoms with van der Waals surface area (Å²) in [6.07, 6.45) is 1.56. The number of thiophene rings is 1. The van der Waals surface area contributed by atoms with E-state index in [2.05, 4.69) is 31.9 Å². The average molecular weight is 477 g/mol. The summed E-state index contributed by atoms with van der Waals surface area (Å²) < 4.78 is 12.9. The number of nitrogens with zero attached hydrogens (tertiary/aromatic N) is 2. The molecule has 0 radical (unpaired) electrons. The van der Waals surface area contributed by atoms with E-state index in [9.17, 15) is 5.11 Å². The highest BCUT2D eigenvalue weighted by Gasteiger charge is 2.24. The molecule has 1 aliphatic rings. The van der Waals surface area contributed by atoms with Gasteiger partial charge in [-0.3, -0.25) is 0 Å². The van der Waals surface area contributed by atoms with E-state index in [0.717, 1.165) is 38.9 Å². The van der Waals surface area contributed by atoms with Gasteiger partial charge in [0.1, 0.15) is 6.10 Å². The Balaban J connectivity index is 1.61. The fourth-order valence-electron chi connectivity index (χ4n) is 3.79. The Bertz CT molecular complexity index is 945. The Hall–Kier alpha value is -1.51. The standard InChI is InChI=1S/C22H25BrN2O3S/c1-27-22-18(12-15-11-16(23)6-7-19(15)24-22)21(20-5-4-10-29-20)28-14-17(26)13-25-8-2-3-9-25/h4-7,10-12,17,21,26H,2-3,8-9,13-14H2,1H3. The molecule has 2 aromatic heterocycles. The number of hydrogen-bond acceptors (Lipinski definition) is 6. The molecule has 1 aliphatic heterocycles. The summed E-state index contributed by atoms with van der Waals surface area (Å²) in [5, 5.41) is 13.6. The van der Waals surface area contributed by atoms with Crippen LogP contribution in [0.25, 0.3) is 10.9 Å². The SMILES string of the molecule is COc1nc2ccc(Br)cc2cc1C(OCC(O)CN1CCCC1)c1cccs1. The molecule has 0 bridgehead atoms. The summed E-state index contributed by atoms with van der Waals surface area (Å²) in [4.78, 5) is 8.04. The van der Waals surface area contributed by atoms with E-state index in [4.69, 9.17) is 9.47 Å². The van der Waals surface area contributed by atoms with Gasteiger partial charge in [0.05, 0.1) is 25.3 Å². The number of ether oxygens (including phenoxy) is 2. The first kappa shape index (κ1) is 20.8. The predicted octanol–water partition coefficient (Wildman–Crippen LogP) is 4.63. The smallest absolute Gasteiger partial charge is 0.219 e. The number of benzene rings is 1. The van der Waals surface area contributed by atoms with Crippen molar-refractivity contribution in [2.75, 3.05) is 33.4 Å². The Morgan fingerprint density at radius 3 is 2.79 bits per heavy atom. The molecule has 1 N–H and O–H groups in total. The van der Waals surface area contributed by atoms with Crippen molar-refractivity contribution in [3.8, 4) is 5.88 Å². The summed E-state index contributed by atoms with van der Waals surface area (Å²) in [5.41, 5.74) is 1.74. The van der Waals surface area contributed by atoms with Crippen molar-refractivity contribution in [2.45, 2.75) is 25.0 Å². The van der Waals surface area contributed by atoms with Crippen LogP contribution in [0.2, 0.25) is 0 Å². The van der Waals surface area contributed by atoms with Gasteiger partial charge in [-0.1, -0.05) is 22.0 Å². The van der Waals surface area contributed by atoms with E-state index in [0.29, 0.717) is 12.4 Å². The van der Waals surface area contributed by atoms with Crippen LogP contribution in [0.15, 0.2) is 46.3 Å². The molecule has 1 saturated heterocycles. The molecular weight excluding hydrogens is 452 g/mol. The zero-order chi connectivity index (χ0) is 20.2. The second kappa shape index (κ2) is 9.53. The third kappa shape index (κ3) is 4.98. The van der Waals surface area contributed by atoms with E-state index < -0.39 is 6.10 Å². The van der Waals surface area contributed by atoms with Gasteiger partial charge < -0.3 is 19.5 Å². The minimum Gasteiger partial charge on any atom is -0.481 e. The predicted molar refractivity (Wildman–Crippen MR) is 120 cm³/mol. The molecule has 3 heterocycles. The van der Waals surface area contributed by atoms with E-state index in [-0.39, 0.29) is 12.7 Å². The lowest BCUT2D eigenvalue weighted by atomic mass is 10.1. The summed E-state index contributed by atoms with van der Waals surface area (Å²) in [6, 6.07) is 12.1. The van der Waals surface area contributed by atoms with Crippen LogP contribution in [0.5, 0.6) is 5.88 Å². The van der Waals surface area contributed by atoms with Crippen LogP contribution >= 0.6 is 27.3 Å². The van der Waals surface area contributed by atoms with Gasteiger partial charge in [0, 0.05) is 26.8 Å². The third-order valence-electron chi connectivity index (χ3n) is 5.17. The molecule has 3 aromatic rings. The first-order chi connectivity index (χ1) is 14.1. The number of methoxy groups -OCH3 is 1. The van der Waals surface area contributed by atoms with Crippen LogP contribution in [-0.2, 0) is 4.74 Å². The molecule has 2 atom stereocenters. The Morgan fingerprint density at radius 2 is 2.07 bits per heavy atom. The summed E-state index contributed by atoms with van der Waals surface area (Å²) in [6.45, 7) is 3.03. The normalized spacial score (nSPS) is 16.9.